The topological polar surface area (TPSA) is 87.4 Å². The van der Waals surface area contributed by atoms with Crippen molar-refractivity contribution < 1.29 is 14.6 Å². The third-order valence-corrected chi connectivity index (χ3v) is 8.00. The molecule has 2 N–H and O–H groups in total. The molecular weight excluding hydrogens is 546 g/mol. The van der Waals surface area contributed by atoms with E-state index in [-0.39, 0.29) is 25.4 Å². The van der Waals surface area contributed by atoms with E-state index in [0.29, 0.717) is 34.5 Å². The van der Waals surface area contributed by atoms with Crippen LogP contribution < -0.4 is 14.8 Å². The molecule has 0 fully saturated rings. The zero-order valence-electron chi connectivity index (χ0n) is 24.2. The van der Waals surface area contributed by atoms with Crippen LogP contribution in [0.4, 0.5) is 0 Å². The number of hydrogen-bond donors (Lipinski definition) is 2. The number of aliphatic hydroxyl groups excluding tert-OH is 1. The van der Waals surface area contributed by atoms with Crippen LogP contribution in [0.1, 0.15) is 72.6 Å². The quantitative estimate of drug-likeness (QED) is 0.190. The molecule has 0 spiro atoms. The highest BCUT2D eigenvalue weighted by Gasteiger charge is 2.28. The van der Waals surface area contributed by atoms with Gasteiger partial charge in [0.2, 0.25) is 0 Å². The number of fused-ring (bicyclic) bond motifs is 1. The number of nitriles is 1. The molecule has 1 aromatic heterocycles. The third-order valence-electron chi connectivity index (χ3n) is 7.71. The van der Waals surface area contributed by atoms with Crippen molar-refractivity contribution in [3.63, 3.8) is 0 Å². The van der Waals surface area contributed by atoms with E-state index in [1.54, 1.807) is 12.3 Å². The molecule has 1 aliphatic carbocycles. The number of rotatable bonds is 11. The van der Waals surface area contributed by atoms with Crippen LogP contribution in [0.5, 0.6) is 11.5 Å². The summed E-state index contributed by atoms with van der Waals surface area (Å²) in [5, 5.41) is 22.5. The van der Waals surface area contributed by atoms with Crippen molar-refractivity contribution in [2.24, 2.45) is 0 Å². The Morgan fingerprint density at radius 2 is 1.86 bits per heavy atom. The molecule has 0 saturated carbocycles. The van der Waals surface area contributed by atoms with Gasteiger partial charge in [0.05, 0.1) is 17.2 Å². The fourth-order valence-electron chi connectivity index (χ4n) is 5.47. The second-order valence-corrected chi connectivity index (χ2v) is 11.5. The number of aliphatic hydroxyl groups is 1. The van der Waals surface area contributed by atoms with E-state index >= 15 is 0 Å². The average Bonchev–Trinajstić information content (AvgIpc) is 3.43. The second kappa shape index (κ2) is 13.4. The number of nitrogens with one attached hydrogen (secondary N) is 1. The maximum atomic E-state index is 9.48. The van der Waals surface area contributed by atoms with Crippen LogP contribution in [0.3, 0.4) is 0 Å². The van der Waals surface area contributed by atoms with Crippen molar-refractivity contribution in [2.75, 3.05) is 6.61 Å². The van der Waals surface area contributed by atoms with E-state index in [0.717, 1.165) is 24.0 Å². The molecule has 5 rings (SSSR count). The van der Waals surface area contributed by atoms with E-state index < -0.39 is 0 Å². The van der Waals surface area contributed by atoms with E-state index in [9.17, 15) is 10.4 Å². The minimum absolute atomic E-state index is 0.0163. The van der Waals surface area contributed by atoms with E-state index in [1.807, 2.05) is 19.1 Å². The summed E-state index contributed by atoms with van der Waals surface area (Å²) in [6, 6.07) is 22.6. The molecule has 0 amide bonds. The molecule has 6 nitrogen and oxygen atoms in total. The number of ether oxygens (including phenoxy) is 2. The summed E-state index contributed by atoms with van der Waals surface area (Å²) in [4.78, 5) is 4.14. The molecular formula is C35H36ClN3O3. The summed E-state index contributed by atoms with van der Waals surface area (Å²) in [6.07, 6.45) is 4.85. The number of hydrogen-bond acceptors (Lipinski definition) is 6. The summed E-state index contributed by atoms with van der Waals surface area (Å²) in [7, 11) is 0. The summed E-state index contributed by atoms with van der Waals surface area (Å²) < 4.78 is 12.8. The lowest BCUT2D eigenvalue weighted by molar-refractivity contribution is 0.205. The zero-order chi connectivity index (χ0) is 29.6. The van der Waals surface area contributed by atoms with Gasteiger partial charge in [-0.25, -0.2) is 0 Å². The molecule has 2 atom stereocenters. The largest absolute Gasteiger partial charge is 0.488 e. The van der Waals surface area contributed by atoms with Gasteiger partial charge in [-0.3, -0.25) is 4.98 Å². The van der Waals surface area contributed by atoms with Gasteiger partial charge in [0.25, 0.3) is 0 Å². The van der Waals surface area contributed by atoms with Crippen molar-refractivity contribution in [3.8, 4) is 28.7 Å². The van der Waals surface area contributed by atoms with Crippen molar-refractivity contribution >= 4 is 11.6 Å². The first kappa shape index (κ1) is 29.6. The van der Waals surface area contributed by atoms with Gasteiger partial charge in [-0.2, -0.15) is 5.26 Å². The van der Waals surface area contributed by atoms with Crippen LogP contribution in [0.25, 0.3) is 11.1 Å². The van der Waals surface area contributed by atoms with Crippen molar-refractivity contribution in [3.05, 3.63) is 111 Å². The lowest BCUT2D eigenvalue weighted by Crippen LogP contribution is -2.28. The highest BCUT2D eigenvalue weighted by atomic mass is 35.5. The van der Waals surface area contributed by atoms with Gasteiger partial charge in [0.1, 0.15) is 30.3 Å². The van der Waals surface area contributed by atoms with Crippen molar-refractivity contribution in [1.82, 2.24) is 10.3 Å². The van der Waals surface area contributed by atoms with Gasteiger partial charge in [-0.15, -0.1) is 0 Å². The normalized spacial score (nSPS) is 14.8. The molecule has 0 aliphatic heterocycles. The smallest absolute Gasteiger partial charge is 0.142 e. The summed E-state index contributed by atoms with van der Waals surface area (Å²) >= 11 is 6.79. The Kier molecular flexibility index (Phi) is 9.44. The Morgan fingerprint density at radius 3 is 2.64 bits per heavy atom. The van der Waals surface area contributed by atoms with Gasteiger partial charge >= 0.3 is 0 Å². The van der Waals surface area contributed by atoms with Crippen LogP contribution in [0, 0.1) is 11.3 Å². The molecule has 3 aromatic carbocycles. The van der Waals surface area contributed by atoms with Crippen molar-refractivity contribution in [2.45, 2.75) is 64.8 Å². The lowest BCUT2D eigenvalue weighted by Gasteiger charge is -2.21. The van der Waals surface area contributed by atoms with E-state index in [1.165, 1.54) is 34.0 Å². The average molecular weight is 582 g/mol. The number of aromatic nitrogens is 1. The number of halogens is 1. The van der Waals surface area contributed by atoms with Crippen LogP contribution >= 0.6 is 11.6 Å². The predicted octanol–water partition coefficient (Wildman–Crippen LogP) is 7.51. The Morgan fingerprint density at radius 1 is 1.05 bits per heavy atom. The van der Waals surface area contributed by atoms with Crippen LogP contribution in [-0.4, -0.2) is 22.7 Å². The summed E-state index contributed by atoms with van der Waals surface area (Å²) in [6.45, 7) is 7.08. The lowest BCUT2D eigenvalue weighted by atomic mass is 9.89. The first-order valence-corrected chi connectivity index (χ1v) is 14.8. The van der Waals surface area contributed by atoms with E-state index in [4.69, 9.17) is 21.1 Å². The molecule has 0 saturated heterocycles. The number of nitrogens with zero attached hydrogens (tertiary/aromatic N) is 2. The Bertz CT molecular complexity index is 1600. The predicted molar refractivity (Wildman–Crippen MR) is 166 cm³/mol. The second-order valence-electron chi connectivity index (χ2n) is 11.1. The standard InChI is InChI=1S/C35H36ClN3O3/c1-22(2)27-7-4-5-8-28(27)29-9-6-10-31-30(29)11-12-33(31)42-35-15-34(26(14-32(35)36)19-39-23(3)20-40)41-21-25-13-24(16-37)17-38-18-25/h4-10,13-15,17-18,22-23,33,39-40H,11-12,19-21H2,1-3H3/t23-,33+/m1/s1. The van der Waals surface area contributed by atoms with Crippen LogP contribution in [0.15, 0.2) is 73.1 Å². The molecule has 216 valence electrons. The fraction of sp³-hybridized carbons (Fsp3) is 0.314. The number of pyridine rings is 1. The Labute approximate surface area is 252 Å². The maximum absolute atomic E-state index is 9.48. The fourth-order valence-corrected chi connectivity index (χ4v) is 5.70. The maximum Gasteiger partial charge on any atom is 0.142 e. The third kappa shape index (κ3) is 6.60. The summed E-state index contributed by atoms with van der Waals surface area (Å²) in [5.74, 6) is 1.60. The molecule has 42 heavy (non-hydrogen) atoms. The van der Waals surface area contributed by atoms with Crippen LogP contribution in [0.2, 0.25) is 5.02 Å². The first-order chi connectivity index (χ1) is 20.4. The minimum Gasteiger partial charge on any atom is -0.488 e. The van der Waals surface area contributed by atoms with Gasteiger partial charge < -0.3 is 19.9 Å². The molecule has 0 radical (unpaired) electrons. The van der Waals surface area contributed by atoms with Gasteiger partial charge in [0.15, 0.2) is 0 Å². The minimum atomic E-state index is -0.133. The van der Waals surface area contributed by atoms with Crippen molar-refractivity contribution in [1.29, 1.82) is 5.26 Å². The molecule has 0 unspecified atom stereocenters. The van der Waals surface area contributed by atoms with Gasteiger partial charge in [-0.05, 0) is 65.6 Å². The highest BCUT2D eigenvalue weighted by molar-refractivity contribution is 6.32. The molecule has 1 heterocycles. The molecule has 4 aromatic rings. The SMILES string of the molecule is CC(C)c1ccccc1-c1cccc2c1CC[C@@H]2Oc1cc(OCc2cncc(C#N)c2)c(CN[C@H](C)CO)cc1Cl. The highest BCUT2D eigenvalue weighted by Crippen LogP contribution is 2.44. The Hall–Kier alpha value is -3.89. The molecule has 0 bridgehead atoms. The Balaban J connectivity index is 1.43. The monoisotopic (exact) mass is 581 g/mol. The van der Waals surface area contributed by atoms with E-state index in [2.05, 4.69) is 72.7 Å². The summed E-state index contributed by atoms with van der Waals surface area (Å²) in [5.41, 5.74) is 8.51. The zero-order valence-corrected chi connectivity index (χ0v) is 25.0. The molecule has 7 heteroatoms. The van der Waals surface area contributed by atoms with Gasteiger partial charge in [-0.1, -0.05) is 67.9 Å². The van der Waals surface area contributed by atoms with Gasteiger partial charge in [0, 0.05) is 42.2 Å². The van der Waals surface area contributed by atoms with Crippen LogP contribution in [-0.2, 0) is 19.6 Å². The number of benzene rings is 3. The molecule has 1 aliphatic rings. The first-order valence-electron chi connectivity index (χ1n) is 14.4.